The first-order valence-corrected chi connectivity index (χ1v) is 4.29. The minimum atomic E-state index is -0.484. The second kappa shape index (κ2) is 2.67. The van der Waals surface area contributed by atoms with Crippen LogP contribution in [0.25, 0.3) is 10.2 Å². The number of nitrogens with zero attached hydrogens (tertiary/aromatic N) is 2. The minimum Gasteiger partial charge on any atom is -0.392 e. The van der Waals surface area contributed by atoms with Gasteiger partial charge in [-0.15, -0.1) is 0 Å². The number of nitrogen functional groups attached to an aromatic ring is 1. The molecule has 0 spiro atoms. The third-order valence-electron chi connectivity index (χ3n) is 1.65. The van der Waals surface area contributed by atoms with E-state index in [1.54, 1.807) is 18.3 Å². The maximum atomic E-state index is 10.5. The summed E-state index contributed by atoms with van der Waals surface area (Å²) >= 11 is 0.997. The number of nitrogens with two attached hydrogens (primary N) is 1. The Hall–Kier alpha value is -1.69. The molecule has 0 aliphatic rings. The van der Waals surface area contributed by atoms with Crippen molar-refractivity contribution in [1.29, 1.82) is 0 Å². The van der Waals surface area contributed by atoms with Crippen LogP contribution in [0, 0.1) is 10.1 Å². The van der Waals surface area contributed by atoms with Crippen LogP contribution in [0.2, 0.25) is 0 Å². The Morgan fingerprint density at radius 3 is 3.00 bits per heavy atom. The van der Waals surface area contributed by atoms with Crippen LogP contribution in [-0.4, -0.2) is 9.91 Å². The van der Waals surface area contributed by atoms with Gasteiger partial charge in [0.2, 0.25) is 0 Å². The van der Waals surface area contributed by atoms with Gasteiger partial charge in [-0.25, -0.2) is 4.98 Å². The van der Waals surface area contributed by atoms with Crippen molar-refractivity contribution in [3.8, 4) is 0 Å². The lowest BCUT2D eigenvalue weighted by molar-refractivity contribution is -0.379. The average Bonchev–Trinajstić information content (AvgIpc) is 2.45. The molecule has 5 nitrogen and oxygen atoms in total. The lowest BCUT2D eigenvalue weighted by Crippen LogP contribution is -1.90. The van der Waals surface area contributed by atoms with Gasteiger partial charge in [0.15, 0.2) is 0 Å². The predicted octanol–water partition coefficient (Wildman–Crippen LogP) is 1.79. The first kappa shape index (κ1) is 7.93. The van der Waals surface area contributed by atoms with Gasteiger partial charge < -0.3 is 5.73 Å². The molecule has 0 saturated heterocycles. The van der Waals surface area contributed by atoms with E-state index in [4.69, 9.17) is 5.73 Å². The van der Waals surface area contributed by atoms with E-state index in [0.29, 0.717) is 10.2 Å². The Morgan fingerprint density at radius 2 is 2.38 bits per heavy atom. The molecular formula is C7H5N3O2S. The molecule has 2 rings (SSSR count). The van der Waals surface area contributed by atoms with Crippen LogP contribution in [-0.2, 0) is 0 Å². The molecule has 13 heavy (non-hydrogen) atoms. The van der Waals surface area contributed by atoms with E-state index >= 15 is 0 Å². The fourth-order valence-corrected chi connectivity index (χ4v) is 1.95. The number of aromatic nitrogens is 1. The summed E-state index contributed by atoms with van der Waals surface area (Å²) in [5, 5.41) is 11.1. The van der Waals surface area contributed by atoms with Crippen molar-refractivity contribution in [1.82, 2.24) is 4.98 Å². The highest BCUT2D eigenvalue weighted by Crippen LogP contribution is 2.37. The van der Waals surface area contributed by atoms with Gasteiger partial charge in [0.1, 0.15) is 10.5 Å². The molecule has 66 valence electrons. The van der Waals surface area contributed by atoms with Crippen molar-refractivity contribution in [3.63, 3.8) is 0 Å². The fraction of sp³-hybridized carbons (Fsp3) is 0. The number of anilines is 1. The molecule has 0 unspecified atom stereocenters. The standard InChI is InChI=1S/C7H5N3O2S/c8-5-4-2-1-3-9-6(4)13-7(5)10(11)12/h1-3H,8H2. The normalized spacial score (nSPS) is 10.5. The molecule has 2 heterocycles. The SMILES string of the molecule is Nc1c([N+](=O)[O-])sc2ncccc12. The average molecular weight is 195 g/mol. The van der Waals surface area contributed by atoms with Crippen molar-refractivity contribution in [2.45, 2.75) is 0 Å². The lowest BCUT2D eigenvalue weighted by Gasteiger charge is -1.87. The number of nitro groups is 1. The summed E-state index contributed by atoms with van der Waals surface area (Å²) in [6, 6.07) is 3.43. The molecule has 0 aromatic carbocycles. The fourth-order valence-electron chi connectivity index (χ4n) is 1.07. The van der Waals surface area contributed by atoms with Crippen molar-refractivity contribution >= 4 is 32.2 Å². The summed E-state index contributed by atoms with van der Waals surface area (Å²) < 4.78 is 0. The van der Waals surface area contributed by atoms with E-state index in [1.165, 1.54) is 0 Å². The molecule has 0 aliphatic heterocycles. The zero-order chi connectivity index (χ0) is 9.42. The van der Waals surface area contributed by atoms with Gasteiger partial charge in [-0.1, -0.05) is 0 Å². The molecule has 0 radical (unpaired) electrons. The van der Waals surface area contributed by atoms with Gasteiger partial charge in [0, 0.05) is 11.6 Å². The predicted molar refractivity (Wildman–Crippen MR) is 50.7 cm³/mol. The van der Waals surface area contributed by atoms with E-state index in [1.807, 2.05) is 0 Å². The monoisotopic (exact) mass is 195 g/mol. The summed E-state index contributed by atoms with van der Waals surface area (Å²) in [6.07, 6.45) is 1.59. The number of pyridine rings is 1. The topological polar surface area (TPSA) is 82.0 Å². The third kappa shape index (κ3) is 1.11. The second-order valence-electron chi connectivity index (χ2n) is 2.43. The van der Waals surface area contributed by atoms with Gasteiger partial charge in [-0.2, -0.15) is 0 Å². The molecule has 0 fully saturated rings. The highest BCUT2D eigenvalue weighted by molar-refractivity contribution is 7.22. The third-order valence-corrected chi connectivity index (χ3v) is 2.73. The number of hydrogen-bond donors (Lipinski definition) is 1. The molecular weight excluding hydrogens is 190 g/mol. The van der Waals surface area contributed by atoms with Crippen LogP contribution >= 0.6 is 11.3 Å². The Labute approximate surface area is 77.0 Å². The van der Waals surface area contributed by atoms with Gasteiger partial charge in [0.05, 0.1) is 4.92 Å². The minimum absolute atomic E-state index is 0.0336. The molecule has 0 amide bonds. The zero-order valence-electron chi connectivity index (χ0n) is 6.43. The Balaban J connectivity index is 2.81. The number of hydrogen-bond acceptors (Lipinski definition) is 5. The maximum Gasteiger partial charge on any atom is 0.349 e. The number of thiophene rings is 1. The molecule has 0 bridgehead atoms. The summed E-state index contributed by atoms with van der Waals surface area (Å²) in [7, 11) is 0. The molecule has 2 N–H and O–H groups in total. The molecule has 0 aliphatic carbocycles. The van der Waals surface area contributed by atoms with E-state index in [-0.39, 0.29) is 10.7 Å². The molecule has 2 aromatic rings. The second-order valence-corrected chi connectivity index (χ2v) is 3.41. The Bertz CT molecular complexity index is 480. The molecule has 2 aromatic heterocycles. The van der Waals surface area contributed by atoms with E-state index < -0.39 is 4.92 Å². The maximum absolute atomic E-state index is 10.5. The summed E-state index contributed by atoms with van der Waals surface area (Å²) in [5.74, 6) is 0. The van der Waals surface area contributed by atoms with Crippen molar-refractivity contribution in [2.75, 3.05) is 5.73 Å². The zero-order valence-corrected chi connectivity index (χ0v) is 7.25. The van der Waals surface area contributed by atoms with Crippen LogP contribution < -0.4 is 5.73 Å². The molecule has 0 saturated carbocycles. The molecule has 6 heteroatoms. The highest BCUT2D eigenvalue weighted by atomic mass is 32.1. The Morgan fingerprint density at radius 1 is 1.62 bits per heavy atom. The van der Waals surface area contributed by atoms with Crippen LogP contribution in [0.15, 0.2) is 18.3 Å². The van der Waals surface area contributed by atoms with Gasteiger partial charge in [-0.05, 0) is 23.5 Å². The van der Waals surface area contributed by atoms with Crippen molar-refractivity contribution in [3.05, 3.63) is 28.4 Å². The number of fused-ring (bicyclic) bond motifs is 1. The first-order valence-electron chi connectivity index (χ1n) is 3.47. The van der Waals surface area contributed by atoms with Gasteiger partial charge >= 0.3 is 5.00 Å². The quantitative estimate of drug-likeness (QED) is 0.555. The van der Waals surface area contributed by atoms with Gasteiger partial charge in [-0.3, -0.25) is 10.1 Å². The summed E-state index contributed by atoms with van der Waals surface area (Å²) in [6.45, 7) is 0. The number of rotatable bonds is 1. The van der Waals surface area contributed by atoms with Gasteiger partial charge in [0.25, 0.3) is 0 Å². The highest BCUT2D eigenvalue weighted by Gasteiger charge is 2.18. The van der Waals surface area contributed by atoms with E-state index in [9.17, 15) is 10.1 Å². The van der Waals surface area contributed by atoms with Crippen LogP contribution in [0.4, 0.5) is 10.7 Å². The summed E-state index contributed by atoms with van der Waals surface area (Å²) in [5.41, 5.74) is 5.78. The first-order chi connectivity index (χ1) is 6.20. The molecule has 0 atom stereocenters. The van der Waals surface area contributed by atoms with Crippen molar-refractivity contribution < 1.29 is 4.92 Å². The largest absolute Gasteiger partial charge is 0.392 e. The summed E-state index contributed by atoms with van der Waals surface area (Å²) in [4.78, 5) is 14.6. The van der Waals surface area contributed by atoms with Crippen molar-refractivity contribution in [2.24, 2.45) is 0 Å². The van der Waals surface area contributed by atoms with E-state index in [0.717, 1.165) is 11.3 Å². The van der Waals surface area contributed by atoms with Crippen LogP contribution in [0.5, 0.6) is 0 Å². The smallest absolute Gasteiger partial charge is 0.349 e. The lowest BCUT2D eigenvalue weighted by atomic mass is 10.3. The Kier molecular flexibility index (Phi) is 1.63. The van der Waals surface area contributed by atoms with Crippen LogP contribution in [0.3, 0.4) is 0 Å². The van der Waals surface area contributed by atoms with Crippen LogP contribution in [0.1, 0.15) is 0 Å². The van der Waals surface area contributed by atoms with E-state index in [2.05, 4.69) is 4.98 Å².